The summed E-state index contributed by atoms with van der Waals surface area (Å²) in [6, 6.07) is 11.8. The van der Waals surface area contributed by atoms with Crippen molar-refractivity contribution in [3.8, 4) is 28.5 Å². The fourth-order valence-electron chi connectivity index (χ4n) is 3.03. The summed E-state index contributed by atoms with van der Waals surface area (Å²) in [4.78, 5) is 8.73. The van der Waals surface area contributed by atoms with E-state index < -0.39 is 0 Å². The van der Waals surface area contributed by atoms with Crippen LogP contribution in [0, 0.1) is 0 Å². The van der Waals surface area contributed by atoms with Gasteiger partial charge in [0.1, 0.15) is 0 Å². The van der Waals surface area contributed by atoms with Crippen LogP contribution in [0.5, 0.6) is 5.88 Å². The first-order valence-electron chi connectivity index (χ1n) is 8.45. The van der Waals surface area contributed by atoms with Crippen LogP contribution in [0.3, 0.4) is 0 Å². The number of rotatable bonds is 5. The Kier molecular flexibility index (Phi) is 4.43. The molecule has 1 fully saturated rings. The van der Waals surface area contributed by atoms with E-state index in [4.69, 9.17) is 9.47 Å². The summed E-state index contributed by atoms with van der Waals surface area (Å²) in [5.41, 5.74) is 2.91. The molecule has 3 heterocycles. The minimum Gasteiger partial charge on any atom is -0.481 e. The third-order valence-electron chi connectivity index (χ3n) is 4.31. The Morgan fingerprint density at radius 2 is 2.16 bits per heavy atom. The summed E-state index contributed by atoms with van der Waals surface area (Å²) in [6.45, 7) is 1.67. The van der Waals surface area contributed by atoms with E-state index in [1.165, 1.54) is 0 Å². The fourth-order valence-corrected chi connectivity index (χ4v) is 3.03. The third kappa shape index (κ3) is 3.53. The SMILES string of the molecule is COc1ccnc(-c2cccc(-c3ccn(C[C@@H]4CCCO4)n3)c2)n1. The minimum absolute atomic E-state index is 0.282. The zero-order chi connectivity index (χ0) is 17.1. The zero-order valence-electron chi connectivity index (χ0n) is 14.1. The van der Waals surface area contributed by atoms with E-state index in [2.05, 4.69) is 15.1 Å². The molecule has 0 spiro atoms. The highest BCUT2D eigenvalue weighted by atomic mass is 16.5. The highest BCUT2D eigenvalue weighted by Gasteiger charge is 2.16. The molecule has 2 aromatic heterocycles. The monoisotopic (exact) mass is 336 g/mol. The Hall–Kier alpha value is -2.73. The number of hydrogen-bond donors (Lipinski definition) is 0. The summed E-state index contributed by atoms with van der Waals surface area (Å²) in [7, 11) is 1.60. The first kappa shape index (κ1) is 15.8. The number of nitrogens with zero attached hydrogens (tertiary/aromatic N) is 4. The number of hydrogen-bond acceptors (Lipinski definition) is 5. The van der Waals surface area contributed by atoms with E-state index in [-0.39, 0.29) is 6.10 Å². The molecule has 0 bridgehead atoms. The van der Waals surface area contributed by atoms with Gasteiger partial charge in [-0.15, -0.1) is 0 Å². The molecular formula is C19H20N4O2. The lowest BCUT2D eigenvalue weighted by atomic mass is 10.1. The Morgan fingerprint density at radius 3 is 3.00 bits per heavy atom. The Bertz CT molecular complexity index is 856. The lowest BCUT2D eigenvalue weighted by molar-refractivity contribution is 0.0940. The molecule has 0 aliphatic carbocycles. The molecule has 4 rings (SSSR count). The highest BCUT2D eigenvalue weighted by molar-refractivity contribution is 5.67. The molecule has 6 nitrogen and oxygen atoms in total. The molecule has 25 heavy (non-hydrogen) atoms. The van der Waals surface area contributed by atoms with Crippen molar-refractivity contribution in [1.82, 2.24) is 19.7 Å². The van der Waals surface area contributed by atoms with Gasteiger partial charge in [-0.05, 0) is 25.0 Å². The summed E-state index contributed by atoms with van der Waals surface area (Å²) in [5, 5.41) is 4.68. The normalized spacial score (nSPS) is 16.9. The first-order valence-corrected chi connectivity index (χ1v) is 8.45. The molecule has 1 saturated heterocycles. The predicted molar refractivity (Wildman–Crippen MR) is 94.2 cm³/mol. The van der Waals surface area contributed by atoms with E-state index in [0.717, 1.165) is 42.8 Å². The van der Waals surface area contributed by atoms with Gasteiger partial charge in [0.2, 0.25) is 5.88 Å². The molecule has 1 aliphatic heterocycles. The van der Waals surface area contributed by atoms with Gasteiger partial charge in [0.05, 0.1) is 25.5 Å². The van der Waals surface area contributed by atoms with Gasteiger partial charge in [-0.2, -0.15) is 10.1 Å². The van der Waals surface area contributed by atoms with Crippen molar-refractivity contribution in [2.45, 2.75) is 25.5 Å². The van der Waals surface area contributed by atoms with E-state index in [1.807, 2.05) is 41.2 Å². The maximum Gasteiger partial charge on any atom is 0.216 e. The van der Waals surface area contributed by atoms with Gasteiger partial charge in [-0.3, -0.25) is 4.68 Å². The fraction of sp³-hybridized carbons (Fsp3) is 0.316. The molecule has 1 atom stereocenters. The summed E-state index contributed by atoms with van der Waals surface area (Å²) >= 11 is 0. The van der Waals surface area contributed by atoms with Crippen LogP contribution in [-0.4, -0.2) is 39.6 Å². The molecule has 0 radical (unpaired) electrons. The topological polar surface area (TPSA) is 62.1 Å². The van der Waals surface area contributed by atoms with Crippen molar-refractivity contribution < 1.29 is 9.47 Å². The van der Waals surface area contributed by atoms with Crippen LogP contribution in [0.2, 0.25) is 0 Å². The summed E-state index contributed by atoms with van der Waals surface area (Å²) in [6.07, 6.45) is 6.24. The molecule has 0 N–H and O–H groups in total. The van der Waals surface area contributed by atoms with Crippen LogP contribution in [0.25, 0.3) is 22.6 Å². The molecule has 0 saturated carbocycles. The van der Waals surface area contributed by atoms with E-state index in [0.29, 0.717) is 11.7 Å². The third-order valence-corrected chi connectivity index (χ3v) is 4.31. The smallest absolute Gasteiger partial charge is 0.216 e. The summed E-state index contributed by atoms with van der Waals surface area (Å²) < 4.78 is 12.8. The van der Waals surface area contributed by atoms with Gasteiger partial charge in [0.15, 0.2) is 5.82 Å². The van der Waals surface area contributed by atoms with Gasteiger partial charge < -0.3 is 9.47 Å². The van der Waals surface area contributed by atoms with Crippen LogP contribution in [-0.2, 0) is 11.3 Å². The van der Waals surface area contributed by atoms with E-state index >= 15 is 0 Å². The molecule has 6 heteroatoms. The number of aromatic nitrogens is 4. The van der Waals surface area contributed by atoms with Crippen LogP contribution in [0.15, 0.2) is 48.8 Å². The van der Waals surface area contributed by atoms with Gasteiger partial charge in [-0.1, -0.05) is 18.2 Å². The van der Waals surface area contributed by atoms with Crippen molar-refractivity contribution in [2.75, 3.05) is 13.7 Å². The number of ether oxygens (including phenoxy) is 2. The van der Waals surface area contributed by atoms with Crippen LogP contribution >= 0.6 is 0 Å². The maximum atomic E-state index is 5.68. The molecule has 1 aromatic carbocycles. The lowest BCUT2D eigenvalue weighted by Crippen LogP contribution is -2.15. The molecular weight excluding hydrogens is 316 g/mol. The van der Waals surface area contributed by atoms with Crippen molar-refractivity contribution in [3.05, 3.63) is 48.8 Å². The second-order valence-electron chi connectivity index (χ2n) is 6.06. The van der Waals surface area contributed by atoms with Gasteiger partial charge in [0.25, 0.3) is 0 Å². The second-order valence-corrected chi connectivity index (χ2v) is 6.06. The van der Waals surface area contributed by atoms with Crippen LogP contribution < -0.4 is 4.74 Å². The quantitative estimate of drug-likeness (QED) is 0.716. The molecule has 0 amide bonds. The van der Waals surface area contributed by atoms with Gasteiger partial charge >= 0.3 is 0 Å². The molecule has 3 aromatic rings. The lowest BCUT2D eigenvalue weighted by Gasteiger charge is -2.08. The van der Waals surface area contributed by atoms with Crippen molar-refractivity contribution in [2.24, 2.45) is 0 Å². The van der Waals surface area contributed by atoms with E-state index in [1.54, 1.807) is 19.4 Å². The second kappa shape index (κ2) is 7.03. The standard InChI is InChI=1S/C19H20N4O2/c1-24-18-7-9-20-19(21-18)15-5-2-4-14(12-15)17-8-10-23(22-17)13-16-6-3-11-25-16/h2,4-5,7-10,12,16H,3,6,11,13H2,1H3/t16-/m0/s1. The average molecular weight is 336 g/mol. The van der Waals surface area contributed by atoms with Crippen molar-refractivity contribution in [1.29, 1.82) is 0 Å². The largest absolute Gasteiger partial charge is 0.481 e. The van der Waals surface area contributed by atoms with Crippen LogP contribution in [0.1, 0.15) is 12.8 Å². The zero-order valence-corrected chi connectivity index (χ0v) is 14.1. The summed E-state index contributed by atoms with van der Waals surface area (Å²) in [5.74, 6) is 1.19. The van der Waals surface area contributed by atoms with Crippen molar-refractivity contribution >= 4 is 0 Å². The number of methoxy groups -OCH3 is 1. The van der Waals surface area contributed by atoms with E-state index in [9.17, 15) is 0 Å². The predicted octanol–water partition coefficient (Wildman–Crippen LogP) is 3.19. The highest BCUT2D eigenvalue weighted by Crippen LogP contribution is 2.24. The minimum atomic E-state index is 0.282. The van der Waals surface area contributed by atoms with Crippen LogP contribution in [0.4, 0.5) is 0 Å². The molecule has 128 valence electrons. The molecule has 0 unspecified atom stereocenters. The Labute approximate surface area is 146 Å². The maximum absolute atomic E-state index is 5.68. The van der Waals surface area contributed by atoms with Crippen molar-refractivity contribution in [3.63, 3.8) is 0 Å². The molecule has 1 aliphatic rings. The van der Waals surface area contributed by atoms with Gasteiger partial charge in [0, 0.05) is 36.2 Å². The van der Waals surface area contributed by atoms with Gasteiger partial charge in [-0.25, -0.2) is 4.98 Å². The Morgan fingerprint density at radius 1 is 1.24 bits per heavy atom. The first-order chi connectivity index (χ1) is 12.3. The Balaban J connectivity index is 1.57. The number of benzene rings is 1. The average Bonchev–Trinajstić information content (AvgIpc) is 3.34.